The number of hydrogen-bond acceptors (Lipinski definition) is 17. The predicted molar refractivity (Wildman–Crippen MR) is 437 cm³/mol. The van der Waals surface area contributed by atoms with Gasteiger partial charge in [-0.1, -0.05) is 97.9 Å². The molecule has 3 saturated heterocycles. The average molecular weight is 1630 g/mol. The standard InChI is InChI=1S/C26H32ClN7O3.C25H26ClN7O2.C21H24ClN7O.C4H4O2.2CH4.2ClH/c1-25(2,3)37-24(36)32-8-7-26(15-32)10-19(11-26)34-22(28)20(23(29)35)21(31-34)17-12-30-33(14-17)13-16-5-4-6-18(27)9-16;1-2-4-20(34)31-8-7-25(15-31)10-19(11-25)33-23(27)21(24(28)35)22(30-33)17-12-29-32(14-17)13-16-5-3-6-18(26)9-16;22-15-3-1-2-13(6-15)10-28-11-14(9-26-28)18-17(20(24)30)19(23)29(27-18)16-7-21(8-16)4-5-25-12-21;1-2-3-4(5)6;;;;/h4-6,9,12,14,19H,7-8,10-11,13,15,28H2,1-3H3,(H2,29,35);3,5-6,9,12,14,19H,7-8,10-11,13,15,27H2,1H3,(H2,28,35);1-3,6,9,11,16,25H,4-5,7-8,10,12,23H2,(H2,24,30);1H3,(H,5,6);2*1H4;2*1H. The van der Waals surface area contributed by atoms with Crippen LogP contribution >= 0.6 is 59.6 Å². The number of nitrogen functional groups attached to an aromatic ring is 3. The van der Waals surface area contributed by atoms with E-state index >= 15 is 0 Å². The first-order valence-electron chi connectivity index (χ1n) is 35.3. The SMILES string of the molecule is C.C.CC#CC(=O)N1CCC2(CC(n3nc(-c4cnn(Cc5cccc(Cl)c5)c4)c(C(N)=O)c3N)C2)C1.CC#CC(=O)O.CC(C)(C)OC(=O)N1CCC2(CC(n3nc(-c4cnn(Cc5cccc(Cl)c5)c4)c(C(N)=O)c3N)C2)C1.Cl.Cl.NC(=O)c1c(-c2cnn(Cc3cccc(Cl)c3)c2)nn(C2CC3(CCNC3)C2)c1N. The van der Waals surface area contributed by atoms with Crippen LogP contribution in [-0.4, -0.2) is 154 Å². The van der Waals surface area contributed by atoms with Crippen LogP contribution in [0.15, 0.2) is 110 Å². The normalized spacial score (nSPS) is 20.1. The second kappa shape index (κ2) is 35.9. The zero-order valence-electron chi connectivity index (χ0n) is 61.3. The third-order valence-corrected chi connectivity index (χ3v) is 21.4. The summed E-state index contributed by atoms with van der Waals surface area (Å²) in [4.78, 5) is 74.5. The summed E-state index contributed by atoms with van der Waals surface area (Å²) in [6.07, 6.45) is 18.5. The highest BCUT2D eigenvalue weighted by atomic mass is 35.5. The molecule has 15 rings (SSSR count). The van der Waals surface area contributed by atoms with Gasteiger partial charge >= 0.3 is 12.1 Å². The lowest BCUT2D eigenvalue weighted by Crippen LogP contribution is -2.43. The number of nitrogens with zero attached hydrogens (tertiary/aromatic N) is 14. The van der Waals surface area contributed by atoms with E-state index in [0.717, 1.165) is 81.1 Å². The van der Waals surface area contributed by atoms with Crippen LogP contribution in [0.2, 0.25) is 15.1 Å². The Kier molecular flexibility index (Phi) is 27.9. The molecule has 112 heavy (non-hydrogen) atoms. The summed E-state index contributed by atoms with van der Waals surface area (Å²) in [5.41, 5.74) is 43.1. The molecule has 3 aromatic carbocycles. The molecule has 6 fully saturated rings. The number of ether oxygens (including phenoxy) is 1. The number of halogens is 5. The fourth-order valence-electron chi connectivity index (χ4n) is 15.7. The lowest BCUT2D eigenvalue weighted by atomic mass is 9.65. The van der Waals surface area contributed by atoms with E-state index in [1.807, 2.05) is 123 Å². The van der Waals surface area contributed by atoms with Crippen LogP contribution < -0.4 is 39.7 Å². The minimum absolute atomic E-state index is 0. The van der Waals surface area contributed by atoms with E-state index in [0.29, 0.717) is 106 Å². The number of likely N-dealkylation sites (tertiary alicyclic amines) is 2. The van der Waals surface area contributed by atoms with Gasteiger partial charge in [0.15, 0.2) is 0 Å². The third-order valence-electron chi connectivity index (χ3n) is 20.7. The maximum atomic E-state index is 12.5. The van der Waals surface area contributed by atoms with Crippen molar-refractivity contribution in [3.05, 3.63) is 158 Å². The molecule has 3 aliphatic heterocycles. The summed E-state index contributed by atoms with van der Waals surface area (Å²) >= 11 is 18.3. The summed E-state index contributed by atoms with van der Waals surface area (Å²) in [5.74, 6) is 7.21. The molecular weight excluding hydrogens is 1540 g/mol. The number of carboxylic acid groups (broad SMARTS) is 1. The Morgan fingerprint density at radius 1 is 0.545 bits per heavy atom. The minimum Gasteiger partial charge on any atom is -0.472 e. The van der Waals surface area contributed by atoms with Crippen molar-refractivity contribution in [2.75, 3.05) is 56.5 Å². The van der Waals surface area contributed by atoms with E-state index in [2.05, 4.69) is 38.4 Å². The second-order valence-electron chi connectivity index (χ2n) is 29.7. The van der Waals surface area contributed by atoms with Crippen LogP contribution in [0.3, 0.4) is 0 Å². The maximum absolute atomic E-state index is 12.5. The molecule has 6 aliphatic rings. The Labute approximate surface area is 677 Å². The van der Waals surface area contributed by atoms with Gasteiger partial charge in [0.2, 0.25) is 0 Å². The molecule has 6 aromatic heterocycles. The fourth-order valence-corrected chi connectivity index (χ4v) is 16.3. The Hall–Kier alpha value is -10.5. The molecule has 3 saturated carbocycles. The number of aliphatic carboxylic acids is 1. The van der Waals surface area contributed by atoms with Crippen LogP contribution in [-0.2, 0) is 34.0 Å². The lowest BCUT2D eigenvalue weighted by molar-refractivity contribution is -0.130. The summed E-state index contributed by atoms with van der Waals surface area (Å²) < 4.78 is 16.0. The van der Waals surface area contributed by atoms with E-state index in [9.17, 15) is 28.8 Å². The summed E-state index contributed by atoms with van der Waals surface area (Å²) in [6, 6.07) is 23.0. The number of carbonyl (C=O) groups is 6. The Morgan fingerprint density at radius 2 is 0.893 bits per heavy atom. The third kappa shape index (κ3) is 19.5. The van der Waals surface area contributed by atoms with Gasteiger partial charge in [-0.2, -0.15) is 30.6 Å². The molecule has 5 amide bonds. The number of nitrogens with one attached hydrogen (secondary N) is 1. The van der Waals surface area contributed by atoms with Gasteiger partial charge in [-0.15, -0.1) is 24.8 Å². The first kappa shape index (κ1) is 87.1. The largest absolute Gasteiger partial charge is 0.472 e. The van der Waals surface area contributed by atoms with Gasteiger partial charge in [0, 0.05) is 89.0 Å². The molecule has 3 spiro atoms. The molecule has 9 aromatic rings. The molecule has 0 unspecified atom stereocenters. The van der Waals surface area contributed by atoms with E-state index < -0.39 is 29.3 Å². The lowest BCUT2D eigenvalue weighted by Gasteiger charge is -2.45. The highest BCUT2D eigenvalue weighted by Crippen LogP contribution is 2.57. The molecule has 596 valence electrons. The monoisotopic (exact) mass is 1630 g/mol. The first-order chi connectivity index (χ1) is 51.4. The highest BCUT2D eigenvalue weighted by molar-refractivity contribution is 6.31. The van der Waals surface area contributed by atoms with Gasteiger partial charge in [0.25, 0.3) is 23.6 Å². The zero-order valence-corrected chi connectivity index (χ0v) is 65.2. The van der Waals surface area contributed by atoms with Crippen molar-refractivity contribution in [1.82, 2.24) is 73.8 Å². The van der Waals surface area contributed by atoms with Gasteiger partial charge < -0.3 is 59.4 Å². The van der Waals surface area contributed by atoms with Crippen molar-refractivity contribution in [3.8, 4) is 57.5 Å². The Balaban J connectivity index is 0.000000200. The van der Waals surface area contributed by atoms with Gasteiger partial charge in [-0.3, -0.25) is 33.2 Å². The van der Waals surface area contributed by atoms with E-state index in [-0.39, 0.29) is 109 Å². The van der Waals surface area contributed by atoms with Crippen LogP contribution in [0.1, 0.15) is 173 Å². The molecule has 34 heteroatoms. The van der Waals surface area contributed by atoms with Crippen molar-refractivity contribution in [2.24, 2.45) is 33.4 Å². The minimum atomic E-state index is -1.07. The van der Waals surface area contributed by atoms with Crippen LogP contribution in [0.25, 0.3) is 33.8 Å². The predicted octanol–water partition coefficient (Wildman–Crippen LogP) is 11.5. The molecule has 0 bridgehead atoms. The van der Waals surface area contributed by atoms with E-state index in [1.54, 1.807) is 58.5 Å². The summed E-state index contributed by atoms with van der Waals surface area (Å²) in [7, 11) is 0. The molecule has 14 N–H and O–H groups in total. The molecule has 0 atom stereocenters. The number of nitrogens with two attached hydrogens (primary N) is 6. The average Bonchev–Trinajstić information content (AvgIpc) is 1.50. The summed E-state index contributed by atoms with van der Waals surface area (Å²) in [6.45, 7) is 15.1. The molecular formula is C78H96Cl5N21O8. The molecule has 0 radical (unpaired) electrons. The van der Waals surface area contributed by atoms with Crippen LogP contribution in [0.4, 0.5) is 22.2 Å². The van der Waals surface area contributed by atoms with Crippen molar-refractivity contribution in [2.45, 2.75) is 151 Å². The van der Waals surface area contributed by atoms with E-state index in [4.69, 9.17) is 94.3 Å². The van der Waals surface area contributed by atoms with Gasteiger partial charge in [-0.25, -0.2) is 23.6 Å². The fraction of sp³-hybridized carbons (Fsp3) is 0.410. The smallest absolute Gasteiger partial charge is 0.410 e. The summed E-state index contributed by atoms with van der Waals surface area (Å²) in [5, 5.41) is 40.6. The van der Waals surface area contributed by atoms with E-state index in [1.165, 1.54) is 13.3 Å². The zero-order chi connectivity index (χ0) is 77.1. The van der Waals surface area contributed by atoms with Crippen molar-refractivity contribution in [1.29, 1.82) is 0 Å². The van der Waals surface area contributed by atoms with Gasteiger partial charge in [-0.05, 0) is 174 Å². The number of benzene rings is 3. The first-order valence-corrected chi connectivity index (χ1v) is 36.5. The van der Waals surface area contributed by atoms with Crippen molar-refractivity contribution < 1.29 is 38.6 Å². The number of hydrogen-bond donors (Lipinski definition) is 8. The van der Waals surface area contributed by atoms with Crippen molar-refractivity contribution >= 4 is 113 Å². The Bertz CT molecular complexity index is 5060. The number of primary amides is 3. The highest BCUT2D eigenvalue weighted by Gasteiger charge is 2.53. The number of anilines is 3. The van der Waals surface area contributed by atoms with Gasteiger partial charge in [0.05, 0.1) is 56.4 Å². The molecule has 9 heterocycles. The van der Waals surface area contributed by atoms with Crippen LogP contribution in [0.5, 0.6) is 0 Å². The molecule has 3 aliphatic carbocycles. The number of aromatic nitrogens is 12. The number of carboxylic acids is 1. The maximum Gasteiger partial charge on any atom is 0.410 e. The Morgan fingerprint density at radius 3 is 1.20 bits per heavy atom. The number of rotatable bonds is 15. The second-order valence-corrected chi connectivity index (χ2v) is 31.0. The van der Waals surface area contributed by atoms with Gasteiger partial charge in [0.1, 0.15) is 56.8 Å². The van der Waals surface area contributed by atoms with Crippen molar-refractivity contribution in [3.63, 3.8) is 0 Å². The number of amides is 5. The number of carbonyl (C=O) groups excluding carboxylic acids is 5. The molecule has 29 nitrogen and oxygen atoms in total. The topological polar surface area (TPSA) is 413 Å². The quantitative estimate of drug-likeness (QED) is 0.0442. The van der Waals surface area contributed by atoms with Crippen LogP contribution in [0, 0.1) is 39.9 Å².